The molecule has 1 N–H and O–H groups in total. The highest BCUT2D eigenvalue weighted by atomic mass is 32.2. The molecule has 13 heavy (non-hydrogen) atoms. The molecule has 0 saturated heterocycles. The molecule has 0 aliphatic carbocycles. The van der Waals surface area contributed by atoms with Crippen LogP contribution in [-0.2, 0) is 4.79 Å². The molecule has 0 amide bonds. The molecule has 0 aromatic rings. The van der Waals surface area contributed by atoms with Crippen molar-refractivity contribution in [2.45, 2.75) is 33.6 Å². The van der Waals surface area contributed by atoms with E-state index in [1.54, 1.807) is 0 Å². The van der Waals surface area contributed by atoms with Gasteiger partial charge in [0.15, 0.2) is 5.12 Å². The summed E-state index contributed by atoms with van der Waals surface area (Å²) in [7, 11) is 0. The lowest BCUT2D eigenvalue weighted by molar-refractivity contribution is -0.111. The first-order chi connectivity index (χ1) is 6.06. The fraction of sp³-hybridized carbons (Fsp3) is 0.900. The van der Waals surface area contributed by atoms with Crippen molar-refractivity contribution in [3.05, 3.63) is 0 Å². The zero-order chi connectivity index (χ0) is 10.3. The van der Waals surface area contributed by atoms with Gasteiger partial charge in [-0.2, -0.15) is 0 Å². The van der Waals surface area contributed by atoms with Crippen molar-refractivity contribution >= 4 is 16.9 Å². The van der Waals surface area contributed by atoms with Crippen molar-refractivity contribution in [3.63, 3.8) is 0 Å². The molecule has 3 heteroatoms. The fourth-order valence-electron chi connectivity index (χ4n) is 1.39. The number of aliphatic hydroxyl groups is 1. The summed E-state index contributed by atoms with van der Waals surface area (Å²) in [5, 5.41) is 8.73. The minimum absolute atomic E-state index is 0.0922. The Hall–Kier alpha value is -0.0200. The van der Waals surface area contributed by atoms with Gasteiger partial charge in [0.05, 0.1) is 6.61 Å². The Labute approximate surface area is 85.1 Å². The van der Waals surface area contributed by atoms with Crippen molar-refractivity contribution in [2.24, 2.45) is 11.8 Å². The van der Waals surface area contributed by atoms with Gasteiger partial charge in [-0.25, -0.2) is 0 Å². The highest BCUT2D eigenvalue weighted by Crippen LogP contribution is 2.18. The smallest absolute Gasteiger partial charge is 0.189 e. The molecule has 1 atom stereocenters. The lowest BCUT2D eigenvalue weighted by atomic mass is 9.97. The van der Waals surface area contributed by atoms with Gasteiger partial charge in [0, 0.05) is 12.2 Å². The molecule has 0 fully saturated rings. The van der Waals surface area contributed by atoms with Gasteiger partial charge in [0.25, 0.3) is 0 Å². The van der Waals surface area contributed by atoms with E-state index in [0.29, 0.717) is 24.0 Å². The first-order valence-electron chi connectivity index (χ1n) is 4.82. The molecule has 0 aromatic heterocycles. The van der Waals surface area contributed by atoms with Crippen LogP contribution in [0.2, 0.25) is 0 Å². The number of carbonyl (C=O) groups excluding carboxylic acids is 1. The molecule has 0 bridgehead atoms. The van der Waals surface area contributed by atoms with Crippen LogP contribution >= 0.6 is 11.8 Å². The predicted molar refractivity (Wildman–Crippen MR) is 57.8 cm³/mol. The van der Waals surface area contributed by atoms with Gasteiger partial charge >= 0.3 is 0 Å². The van der Waals surface area contributed by atoms with E-state index in [-0.39, 0.29) is 11.7 Å². The van der Waals surface area contributed by atoms with E-state index >= 15 is 0 Å². The molecule has 0 aliphatic rings. The third-order valence-electron chi connectivity index (χ3n) is 1.74. The summed E-state index contributed by atoms with van der Waals surface area (Å²) in [6.45, 7) is 6.54. The first kappa shape index (κ1) is 13.0. The lowest BCUT2D eigenvalue weighted by Gasteiger charge is -2.12. The summed E-state index contributed by atoms with van der Waals surface area (Å²) < 4.78 is 0. The molecule has 0 aromatic carbocycles. The molecule has 0 rings (SSSR count). The van der Waals surface area contributed by atoms with Gasteiger partial charge in [0.1, 0.15) is 0 Å². The zero-order valence-electron chi connectivity index (χ0n) is 8.75. The normalized spacial score (nSPS) is 13.3. The van der Waals surface area contributed by atoms with Crippen LogP contribution in [0.15, 0.2) is 0 Å². The minimum Gasteiger partial charge on any atom is -0.396 e. The van der Waals surface area contributed by atoms with Gasteiger partial charge in [-0.3, -0.25) is 4.79 Å². The van der Waals surface area contributed by atoms with Crippen LogP contribution in [0.25, 0.3) is 0 Å². The molecular weight excluding hydrogens is 184 g/mol. The van der Waals surface area contributed by atoms with E-state index < -0.39 is 0 Å². The van der Waals surface area contributed by atoms with Crippen molar-refractivity contribution in [1.82, 2.24) is 0 Å². The van der Waals surface area contributed by atoms with Crippen LogP contribution in [-0.4, -0.2) is 22.6 Å². The summed E-state index contributed by atoms with van der Waals surface area (Å²) in [4.78, 5) is 11.2. The van der Waals surface area contributed by atoms with Crippen LogP contribution < -0.4 is 0 Å². The largest absolute Gasteiger partial charge is 0.396 e. The number of hydrogen-bond acceptors (Lipinski definition) is 3. The van der Waals surface area contributed by atoms with E-state index in [0.717, 1.165) is 6.42 Å². The molecule has 1 unspecified atom stereocenters. The van der Waals surface area contributed by atoms with Crippen LogP contribution in [0.5, 0.6) is 0 Å². The second-order valence-electron chi connectivity index (χ2n) is 3.88. The minimum atomic E-state index is 0.0922. The van der Waals surface area contributed by atoms with E-state index in [4.69, 9.17) is 5.11 Å². The maximum absolute atomic E-state index is 11.2. The molecule has 78 valence electrons. The molecule has 0 aliphatic heterocycles. The average molecular weight is 204 g/mol. The summed E-state index contributed by atoms with van der Waals surface area (Å²) >= 11 is 1.24. The van der Waals surface area contributed by atoms with Crippen LogP contribution in [0.4, 0.5) is 0 Å². The lowest BCUT2D eigenvalue weighted by Crippen LogP contribution is -2.06. The standard InChI is InChI=1S/C10H20O2S/c1-8(2)6-9(3)7-10(12)13-5-4-11/h8-9,11H,4-7H2,1-3H3. The number of rotatable bonds is 6. The third-order valence-corrected chi connectivity index (χ3v) is 2.62. The predicted octanol–water partition coefficient (Wildman–Crippen LogP) is 2.31. The molecule has 2 nitrogen and oxygen atoms in total. The second kappa shape index (κ2) is 7.39. The van der Waals surface area contributed by atoms with Crippen molar-refractivity contribution in [3.8, 4) is 0 Å². The van der Waals surface area contributed by atoms with E-state index in [1.165, 1.54) is 11.8 Å². The maximum atomic E-state index is 11.2. The number of thioether (sulfide) groups is 1. The summed E-state index contributed by atoms with van der Waals surface area (Å²) in [5.41, 5.74) is 0. The highest BCUT2D eigenvalue weighted by Gasteiger charge is 2.10. The summed E-state index contributed by atoms with van der Waals surface area (Å²) in [6.07, 6.45) is 1.74. The number of carbonyl (C=O) groups is 1. The van der Waals surface area contributed by atoms with Crippen molar-refractivity contribution < 1.29 is 9.90 Å². The van der Waals surface area contributed by atoms with Gasteiger partial charge < -0.3 is 5.11 Å². The Balaban J connectivity index is 3.53. The van der Waals surface area contributed by atoms with Gasteiger partial charge in [-0.15, -0.1) is 0 Å². The van der Waals surface area contributed by atoms with E-state index in [9.17, 15) is 4.79 Å². The van der Waals surface area contributed by atoms with E-state index in [2.05, 4.69) is 20.8 Å². The number of aliphatic hydroxyl groups excluding tert-OH is 1. The monoisotopic (exact) mass is 204 g/mol. The fourth-order valence-corrected chi connectivity index (χ4v) is 2.11. The maximum Gasteiger partial charge on any atom is 0.189 e. The molecule has 0 heterocycles. The zero-order valence-corrected chi connectivity index (χ0v) is 9.56. The molecular formula is C10H20O2S. The highest BCUT2D eigenvalue weighted by molar-refractivity contribution is 8.13. The Morgan fingerprint density at radius 1 is 1.38 bits per heavy atom. The quantitative estimate of drug-likeness (QED) is 0.721. The van der Waals surface area contributed by atoms with Gasteiger partial charge in [-0.05, 0) is 18.3 Å². The van der Waals surface area contributed by atoms with Gasteiger partial charge in [0.2, 0.25) is 0 Å². The van der Waals surface area contributed by atoms with E-state index in [1.807, 2.05) is 0 Å². The Kier molecular flexibility index (Phi) is 7.38. The topological polar surface area (TPSA) is 37.3 Å². The van der Waals surface area contributed by atoms with Crippen molar-refractivity contribution in [2.75, 3.05) is 12.4 Å². The van der Waals surface area contributed by atoms with Crippen LogP contribution in [0.3, 0.4) is 0 Å². The Morgan fingerprint density at radius 2 is 2.00 bits per heavy atom. The summed E-state index contributed by atoms with van der Waals surface area (Å²) in [6, 6.07) is 0. The van der Waals surface area contributed by atoms with Crippen molar-refractivity contribution in [1.29, 1.82) is 0 Å². The van der Waals surface area contributed by atoms with Crippen LogP contribution in [0, 0.1) is 11.8 Å². The molecule has 0 saturated carbocycles. The molecule has 0 spiro atoms. The second-order valence-corrected chi connectivity index (χ2v) is 5.04. The first-order valence-corrected chi connectivity index (χ1v) is 5.81. The SMILES string of the molecule is CC(C)CC(C)CC(=O)SCCO. The summed E-state index contributed by atoms with van der Waals surface area (Å²) in [5.74, 6) is 1.66. The number of hydrogen-bond donors (Lipinski definition) is 1. The molecule has 0 radical (unpaired) electrons. The Bertz CT molecular complexity index is 146. The van der Waals surface area contributed by atoms with Crippen LogP contribution in [0.1, 0.15) is 33.6 Å². The average Bonchev–Trinajstić information content (AvgIpc) is 1.98. The Morgan fingerprint density at radius 3 is 2.46 bits per heavy atom. The van der Waals surface area contributed by atoms with Gasteiger partial charge in [-0.1, -0.05) is 32.5 Å². The third kappa shape index (κ3) is 8.31.